The highest BCUT2D eigenvalue weighted by Gasteiger charge is 2.07. The van der Waals surface area contributed by atoms with Gasteiger partial charge in [-0.15, -0.1) is 0 Å². The smallest absolute Gasteiger partial charge is 0.246 e. The summed E-state index contributed by atoms with van der Waals surface area (Å²) in [5, 5.41) is 4.09. The van der Waals surface area contributed by atoms with Gasteiger partial charge >= 0.3 is 0 Å². The lowest BCUT2D eigenvalue weighted by molar-refractivity contribution is -0.125. The number of amides is 1. The van der Waals surface area contributed by atoms with E-state index in [2.05, 4.69) is 5.10 Å². The molecule has 0 unspecified atom stereocenters. The third-order valence-corrected chi connectivity index (χ3v) is 3.35. The topological polar surface area (TPSA) is 56.6 Å². The van der Waals surface area contributed by atoms with E-state index in [0.29, 0.717) is 18.0 Å². The van der Waals surface area contributed by atoms with Crippen LogP contribution in [0.1, 0.15) is 11.1 Å². The molecule has 6 heteroatoms. The van der Waals surface area contributed by atoms with Gasteiger partial charge in [-0.25, -0.2) is 0 Å². The Bertz CT molecular complexity index is 685. The van der Waals surface area contributed by atoms with Crippen molar-refractivity contribution in [2.45, 2.75) is 6.54 Å². The summed E-state index contributed by atoms with van der Waals surface area (Å²) >= 11 is 0. The minimum absolute atomic E-state index is 0.0874. The normalized spacial score (nSPS) is 10.8. The summed E-state index contributed by atoms with van der Waals surface area (Å²) in [7, 11) is 6.79. The molecule has 0 bridgehead atoms. The number of aromatic nitrogens is 2. The summed E-state index contributed by atoms with van der Waals surface area (Å²) in [6.45, 7) is 0.512. The number of methoxy groups -OCH3 is 2. The molecular formula is C17H21N3O3. The van der Waals surface area contributed by atoms with Crippen molar-refractivity contribution in [3.8, 4) is 11.5 Å². The van der Waals surface area contributed by atoms with E-state index in [0.717, 1.165) is 11.1 Å². The number of hydrogen-bond acceptors (Lipinski definition) is 4. The molecule has 0 radical (unpaired) electrons. The maximum absolute atomic E-state index is 12.2. The Balaban J connectivity index is 2.05. The third kappa shape index (κ3) is 4.60. The van der Waals surface area contributed by atoms with Crippen LogP contribution >= 0.6 is 0 Å². The van der Waals surface area contributed by atoms with Gasteiger partial charge < -0.3 is 14.4 Å². The zero-order valence-corrected chi connectivity index (χ0v) is 13.8. The van der Waals surface area contributed by atoms with Crippen molar-refractivity contribution in [2.75, 3.05) is 21.3 Å². The highest BCUT2D eigenvalue weighted by molar-refractivity contribution is 5.91. The van der Waals surface area contributed by atoms with E-state index in [-0.39, 0.29) is 5.91 Å². The summed E-state index contributed by atoms with van der Waals surface area (Å²) in [4.78, 5) is 13.8. The molecule has 0 atom stereocenters. The summed E-state index contributed by atoms with van der Waals surface area (Å²) in [6, 6.07) is 5.47. The molecule has 1 aromatic carbocycles. The number of rotatable bonds is 6. The summed E-state index contributed by atoms with van der Waals surface area (Å²) in [6.07, 6.45) is 6.92. The first-order valence-electron chi connectivity index (χ1n) is 7.15. The second-order valence-electron chi connectivity index (χ2n) is 5.20. The predicted octanol–water partition coefficient (Wildman–Crippen LogP) is 2.11. The van der Waals surface area contributed by atoms with Gasteiger partial charge in [0.1, 0.15) is 11.5 Å². The Morgan fingerprint density at radius 1 is 1.26 bits per heavy atom. The van der Waals surface area contributed by atoms with E-state index >= 15 is 0 Å². The fraction of sp³-hybridized carbons (Fsp3) is 0.294. The number of carbonyl (C=O) groups is 1. The molecule has 2 rings (SSSR count). The maximum atomic E-state index is 12.2. The first kappa shape index (κ1) is 16.6. The van der Waals surface area contributed by atoms with Gasteiger partial charge in [0.15, 0.2) is 0 Å². The van der Waals surface area contributed by atoms with E-state index in [9.17, 15) is 4.79 Å². The van der Waals surface area contributed by atoms with Gasteiger partial charge in [0.25, 0.3) is 0 Å². The van der Waals surface area contributed by atoms with Crippen LogP contribution in [0.2, 0.25) is 0 Å². The van der Waals surface area contributed by atoms with Gasteiger partial charge in [-0.2, -0.15) is 5.10 Å². The van der Waals surface area contributed by atoms with Crippen molar-refractivity contribution in [3.63, 3.8) is 0 Å². The standard InChI is InChI=1S/C17H21N3O3/c1-19(11-14-10-18-20(2)12-14)17(21)6-5-13-7-15(22-3)9-16(8-13)23-4/h5-10,12H,11H2,1-4H3/b6-5+. The SMILES string of the molecule is COc1cc(/C=C/C(=O)N(C)Cc2cnn(C)c2)cc(OC)c1. The Morgan fingerprint density at radius 2 is 1.91 bits per heavy atom. The number of hydrogen-bond donors (Lipinski definition) is 0. The van der Waals surface area contributed by atoms with Crippen LogP contribution in [0, 0.1) is 0 Å². The largest absolute Gasteiger partial charge is 0.497 e. The Hall–Kier alpha value is -2.76. The summed E-state index contributed by atoms with van der Waals surface area (Å²) in [5.41, 5.74) is 1.82. The lowest BCUT2D eigenvalue weighted by Gasteiger charge is -2.13. The van der Waals surface area contributed by atoms with Crippen molar-refractivity contribution >= 4 is 12.0 Å². The van der Waals surface area contributed by atoms with Crippen molar-refractivity contribution < 1.29 is 14.3 Å². The number of carbonyl (C=O) groups excluding carboxylic acids is 1. The highest BCUT2D eigenvalue weighted by Crippen LogP contribution is 2.23. The average molecular weight is 315 g/mol. The Labute approximate surface area is 135 Å². The molecule has 0 aliphatic carbocycles. The highest BCUT2D eigenvalue weighted by atomic mass is 16.5. The Morgan fingerprint density at radius 3 is 2.43 bits per heavy atom. The molecule has 1 aromatic heterocycles. The summed E-state index contributed by atoms with van der Waals surface area (Å²) < 4.78 is 12.1. The van der Waals surface area contributed by atoms with Crippen LogP contribution in [0.3, 0.4) is 0 Å². The molecule has 0 aliphatic heterocycles. The lowest BCUT2D eigenvalue weighted by atomic mass is 10.2. The Kier molecular flexibility index (Phi) is 5.41. The van der Waals surface area contributed by atoms with Crippen LogP contribution in [0.4, 0.5) is 0 Å². The van der Waals surface area contributed by atoms with Crippen LogP contribution in [-0.2, 0) is 18.4 Å². The second-order valence-corrected chi connectivity index (χ2v) is 5.20. The average Bonchev–Trinajstić information content (AvgIpc) is 2.96. The fourth-order valence-corrected chi connectivity index (χ4v) is 2.13. The molecule has 0 saturated carbocycles. The number of likely N-dealkylation sites (N-methyl/N-ethyl adjacent to an activating group) is 1. The number of aryl methyl sites for hydroxylation is 1. The molecule has 23 heavy (non-hydrogen) atoms. The molecule has 0 fully saturated rings. The second kappa shape index (κ2) is 7.49. The fourth-order valence-electron chi connectivity index (χ4n) is 2.13. The molecule has 0 saturated heterocycles. The molecule has 6 nitrogen and oxygen atoms in total. The molecule has 122 valence electrons. The van der Waals surface area contributed by atoms with Crippen LogP contribution in [0.15, 0.2) is 36.7 Å². The molecule has 0 N–H and O–H groups in total. The van der Waals surface area contributed by atoms with Gasteiger partial charge in [0.2, 0.25) is 5.91 Å². The van der Waals surface area contributed by atoms with Gasteiger partial charge in [-0.05, 0) is 23.8 Å². The first-order valence-corrected chi connectivity index (χ1v) is 7.15. The molecule has 0 aliphatic rings. The molecule has 1 heterocycles. The predicted molar refractivity (Wildman–Crippen MR) is 88.3 cm³/mol. The van der Waals surface area contributed by atoms with Crippen LogP contribution in [0.25, 0.3) is 6.08 Å². The minimum Gasteiger partial charge on any atom is -0.497 e. The first-order chi connectivity index (χ1) is 11.0. The lowest BCUT2D eigenvalue weighted by Crippen LogP contribution is -2.23. The van der Waals surface area contributed by atoms with E-state index in [1.54, 1.807) is 49.2 Å². The monoisotopic (exact) mass is 315 g/mol. The molecule has 1 amide bonds. The van der Waals surface area contributed by atoms with Gasteiger partial charge in [0, 0.05) is 44.5 Å². The molecular weight excluding hydrogens is 294 g/mol. The van der Waals surface area contributed by atoms with Crippen LogP contribution in [0.5, 0.6) is 11.5 Å². The van der Waals surface area contributed by atoms with Crippen molar-refractivity contribution in [1.29, 1.82) is 0 Å². The quantitative estimate of drug-likeness (QED) is 0.766. The number of benzene rings is 1. The molecule has 0 spiro atoms. The maximum Gasteiger partial charge on any atom is 0.246 e. The number of ether oxygens (including phenoxy) is 2. The van der Waals surface area contributed by atoms with Crippen LogP contribution in [-0.4, -0.2) is 41.9 Å². The summed E-state index contributed by atoms with van der Waals surface area (Å²) in [5.74, 6) is 1.27. The van der Waals surface area contributed by atoms with Crippen molar-refractivity contribution in [3.05, 3.63) is 47.8 Å². The van der Waals surface area contributed by atoms with E-state index in [1.807, 2.05) is 25.4 Å². The van der Waals surface area contributed by atoms with Crippen molar-refractivity contribution in [2.24, 2.45) is 7.05 Å². The van der Waals surface area contributed by atoms with Gasteiger partial charge in [-0.1, -0.05) is 0 Å². The van der Waals surface area contributed by atoms with E-state index in [4.69, 9.17) is 9.47 Å². The minimum atomic E-state index is -0.0874. The van der Waals surface area contributed by atoms with E-state index in [1.165, 1.54) is 6.08 Å². The van der Waals surface area contributed by atoms with Crippen LogP contribution < -0.4 is 9.47 Å². The zero-order chi connectivity index (χ0) is 16.8. The van der Waals surface area contributed by atoms with Crippen molar-refractivity contribution in [1.82, 2.24) is 14.7 Å². The zero-order valence-electron chi connectivity index (χ0n) is 13.8. The van der Waals surface area contributed by atoms with Gasteiger partial charge in [-0.3, -0.25) is 9.48 Å². The molecule has 2 aromatic rings. The third-order valence-electron chi connectivity index (χ3n) is 3.35. The number of nitrogens with zero attached hydrogens (tertiary/aromatic N) is 3. The van der Waals surface area contributed by atoms with E-state index < -0.39 is 0 Å². The van der Waals surface area contributed by atoms with Gasteiger partial charge in [0.05, 0.1) is 20.4 Å².